The maximum absolute atomic E-state index is 10.5. The summed E-state index contributed by atoms with van der Waals surface area (Å²) in [6.45, 7) is 2.24. The SMILES string of the molecule is CCOc1cc(Oc2ccc([N+](=O)[O-])cn2)ccc1C#N. The van der Waals surface area contributed by atoms with Gasteiger partial charge in [-0.25, -0.2) is 4.98 Å². The molecule has 0 bridgehead atoms. The average molecular weight is 285 g/mol. The average Bonchev–Trinajstić information content (AvgIpc) is 2.48. The van der Waals surface area contributed by atoms with Crippen LogP contribution in [0.15, 0.2) is 36.5 Å². The minimum Gasteiger partial charge on any atom is -0.492 e. The van der Waals surface area contributed by atoms with Gasteiger partial charge >= 0.3 is 0 Å². The van der Waals surface area contributed by atoms with Crippen LogP contribution in [-0.4, -0.2) is 16.5 Å². The number of nitrogens with zero attached hydrogens (tertiary/aromatic N) is 3. The molecule has 0 aliphatic rings. The van der Waals surface area contributed by atoms with Gasteiger partial charge in [0.1, 0.15) is 23.8 Å². The van der Waals surface area contributed by atoms with Gasteiger partial charge in [-0.05, 0) is 19.1 Å². The van der Waals surface area contributed by atoms with E-state index in [-0.39, 0.29) is 11.6 Å². The molecule has 0 radical (unpaired) electrons. The lowest BCUT2D eigenvalue weighted by Crippen LogP contribution is -1.96. The first kappa shape index (κ1) is 14.3. The van der Waals surface area contributed by atoms with Crippen molar-refractivity contribution in [3.8, 4) is 23.4 Å². The third kappa shape index (κ3) is 3.45. The minimum absolute atomic E-state index is 0.114. The molecule has 0 spiro atoms. The second kappa shape index (κ2) is 6.34. The third-order valence-electron chi connectivity index (χ3n) is 2.53. The van der Waals surface area contributed by atoms with Crippen LogP contribution in [-0.2, 0) is 0 Å². The molecule has 0 saturated carbocycles. The normalized spacial score (nSPS) is 9.71. The van der Waals surface area contributed by atoms with Gasteiger partial charge in [0.2, 0.25) is 5.88 Å². The number of ether oxygens (including phenoxy) is 2. The first-order chi connectivity index (χ1) is 10.1. The predicted octanol–water partition coefficient (Wildman–Crippen LogP) is 3.05. The molecule has 0 aliphatic heterocycles. The van der Waals surface area contributed by atoms with Crippen molar-refractivity contribution in [3.63, 3.8) is 0 Å². The van der Waals surface area contributed by atoms with E-state index < -0.39 is 4.92 Å². The molecule has 7 nitrogen and oxygen atoms in total. The lowest BCUT2D eigenvalue weighted by molar-refractivity contribution is -0.385. The Morgan fingerprint density at radius 3 is 2.76 bits per heavy atom. The highest BCUT2D eigenvalue weighted by Crippen LogP contribution is 2.27. The number of pyridine rings is 1. The number of hydrogen-bond acceptors (Lipinski definition) is 6. The van der Waals surface area contributed by atoms with Crippen LogP contribution in [0.25, 0.3) is 0 Å². The van der Waals surface area contributed by atoms with Crippen LogP contribution in [0.5, 0.6) is 17.4 Å². The Bertz CT molecular complexity index is 692. The Hall–Kier alpha value is -3.14. The van der Waals surface area contributed by atoms with E-state index in [0.29, 0.717) is 23.7 Å². The van der Waals surface area contributed by atoms with Crippen LogP contribution in [0, 0.1) is 21.4 Å². The lowest BCUT2D eigenvalue weighted by atomic mass is 10.2. The molecule has 1 aromatic heterocycles. The molecule has 0 atom stereocenters. The van der Waals surface area contributed by atoms with Gasteiger partial charge in [-0.1, -0.05) is 0 Å². The largest absolute Gasteiger partial charge is 0.492 e. The Morgan fingerprint density at radius 1 is 1.38 bits per heavy atom. The molecule has 0 N–H and O–H groups in total. The fourth-order valence-electron chi connectivity index (χ4n) is 1.60. The van der Waals surface area contributed by atoms with Crippen molar-refractivity contribution in [2.75, 3.05) is 6.61 Å². The van der Waals surface area contributed by atoms with Gasteiger partial charge in [0.25, 0.3) is 5.69 Å². The van der Waals surface area contributed by atoms with E-state index in [9.17, 15) is 10.1 Å². The summed E-state index contributed by atoms with van der Waals surface area (Å²) < 4.78 is 10.8. The molecule has 106 valence electrons. The fraction of sp³-hybridized carbons (Fsp3) is 0.143. The molecule has 0 unspecified atom stereocenters. The van der Waals surface area contributed by atoms with Crippen molar-refractivity contribution < 1.29 is 14.4 Å². The first-order valence-electron chi connectivity index (χ1n) is 6.09. The zero-order valence-electron chi connectivity index (χ0n) is 11.1. The van der Waals surface area contributed by atoms with Gasteiger partial charge in [0.05, 0.1) is 17.1 Å². The van der Waals surface area contributed by atoms with Crippen LogP contribution >= 0.6 is 0 Å². The smallest absolute Gasteiger partial charge is 0.287 e. The first-order valence-corrected chi connectivity index (χ1v) is 6.09. The second-order valence-electron chi connectivity index (χ2n) is 3.92. The molecule has 1 heterocycles. The molecule has 0 fully saturated rings. The van der Waals surface area contributed by atoms with E-state index in [1.807, 2.05) is 13.0 Å². The minimum atomic E-state index is -0.536. The number of benzene rings is 1. The summed E-state index contributed by atoms with van der Waals surface area (Å²) in [4.78, 5) is 13.8. The van der Waals surface area contributed by atoms with Crippen molar-refractivity contribution in [1.29, 1.82) is 5.26 Å². The number of aromatic nitrogens is 1. The topological polar surface area (TPSA) is 98.3 Å². The van der Waals surface area contributed by atoms with Gasteiger partial charge in [-0.3, -0.25) is 10.1 Å². The monoisotopic (exact) mass is 285 g/mol. The maximum atomic E-state index is 10.5. The van der Waals surface area contributed by atoms with Crippen LogP contribution in [0.4, 0.5) is 5.69 Å². The van der Waals surface area contributed by atoms with Gasteiger partial charge < -0.3 is 9.47 Å². The van der Waals surface area contributed by atoms with Gasteiger partial charge in [-0.2, -0.15) is 5.26 Å². The van der Waals surface area contributed by atoms with Gasteiger partial charge in [-0.15, -0.1) is 0 Å². The molecule has 2 aromatic rings. The van der Waals surface area contributed by atoms with Crippen molar-refractivity contribution in [3.05, 3.63) is 52.2 Å². The molecule has 7 heteroatoms. The fourth-order valence-corrected chi connectivity index (χ4v) is 1.60. The van der Waals surface area contributed by atoms with E-state index in [1.165, 1.54) is 12.1 Å². The summed E-state index contributed by atoms with van der Waals surface area (Å²) in [6, 6.07) is 9.47. The van der Waals surface area contributed by atoms with E-state index in [4.69, 9.17) is 14.7 Å². The van der Waals surface area contributed by atoms with Gasteiger partial charge in [0, 0.05) is 18.2 Å². The zero-order chi connectivity index (χ0) is 15.2. The van der Waals surface area contributed by atoms with E-state index in [1.54, 1.807) is 18.2 Å². The Balaban J connectivity index is 2.21. The molecular formula is C14H11N3O4. The lowest BCUT2D eigenvalue weighted by Gasteiger charge is -2.08. The molecule has 1 aromatic carbocycles. The van der Waals surface area contributed by atoms with E-state index in [2.05, 4.69) is 4.98 Å². The number of hydrogen-bond donors (Lipinski definition) is 0. The number of rotatable bonds is 5. The highest BCUT2D eigenvalue weighted by molar-refractivity contribution is 5.48. The molecule has 0 amide bonds. The van der Waals surface area contributed by atoms with Crippen molar-refractivity contribution in [2.24, 2.45) is 0 Å². The Kier molecular flexibility index (Phi) is 4.31. The molecular weight excluding hydrogens is 274 g/mol. The van der Waals surface area contributed by atoms with Crippen molar-refractivity contribution in [1.82, 2.24) is 4.98 Å². The quantitative estimate of drug-likeness (QED) is 0.618. The van der Waals surface area contributed by atoms with Gasteiger partial charge in [0.15, 0.2) is 0 Å². The van der Waals surface area contributed by atoms with Crippen LogP contribution in [0.1, 0.15) is 12.5 Å². The van der Waals surface area contributed by atoms with E-state index in [0.717, 1.165) is 6.20 Å². The predicted molar refractivity (Wildman–Crippen MR) is 73.3 cm³/mol. The van der Waals surface area contributed by atoms with Crippen molar-refractivity contribution >= 4 is 5.69 Å². The summed E-state index contributed by atoms with van der Waals surface area (Å²) >= 11 is 0. The third-order valence-corrected chi connectivity index (χ3v) is 2.53. The van der Waals surface area contributed by atoms with Crippen molar-refractivity contribution in [2.45, 2.75) is 6.92 Å². The molecule has 2 rings (SSSR count). The summed E-state index contributed by atoms with van der Waals surface area (Å²) in [5.74, 6) is 1.06. The zero-order valence-corrected chi connectivity index (χ0v) is 11.1. The molecule has 0 saturated heterocycles. The molecule has 21 heavy (non-hydrogen) atoms. The highest BCUT2D eigenvalue weighted by Gasteiger charge is 2.09. The van der Waals surface area contributed by atoms with Crippen LogP contribution in [0.3, 0.4) is 0 Å². The number of nitriles is 1. The summed E-state index contributed by atoms with van der Waals surface area (Å²) in [5.41, 5.74) is 0.290. The summed E-state index contributed by atoms with van der Waals surface area (Å²) in [6.07, 6.45) is 1.11. The number of nitro groups is 1. The second-order valence-corrected chi connectivity index (χ2v) is 3.92. The van der Waals surface area contributed by atoms with E-state index >= 15 is 0 Å². The Labute approximate surface area is 120 Å². The Morgan fingerprint density at radius 2 is 2.19 bits per heavy atom. The summed E-state index contributed by atoms with van der Waals surface area (Å²) in [5, 5.41) is 19.5. The standard InChI is InChI=1S/C14H11N3O4/c1-2-20-13-7-12(5-3-10(13)8-15)21-14-6-4-11(9-16-14)17(18)19/h3-7,9H,2H2,1H3. The maximum Gasteiger partial charge on any atom is 0.287 e. The molecule has 0 aliphatic carbocycles. The summed E-state index contributed by atoms with van der Waals surface area (Å²) in [7, 11) is 0. The van der Waals surface area contributed by atoms with Crippen LogP contribution < -0.4 is 9.47 Å². The van der Waals surface area contributed by atoms with Crippen LogP contribution in [0.2, 0.25) is 0 Å². The highest BCUT2D eigenvalue weighted by atomic mass is 16.6.